The second kappa shape index (κ2) is 7.85. The van der Waals surface area contributed by atoms with Crippen LogP contribution < -0.4 is 5.32 Å². The van der Waals surface area contributed by atoms with Crippen LogP contribution in [0, 0.1) is 5.92 Å². The third-order valence-electron chi connectivity index (χ3n) is 4.98. The van der Waals surface area contributed by atoms with E-state index >= 15 is 0 Å². The summed E-state index contributed by atoms with van der Waals surface area (Å²) in [6, 6.07) is 6.50. The molecule has 1 saturated heterocycles. The number of sulfonamides is 1. The number of amides is 1. The molecule has 6 nitrogen and oxygen atoms in total. The van der Waals surface area contributed by atoms with Gasteiger partial charge in [0.15, 0.2) is 0 Å². The number of ether oxygens (including phenoxy) is 1. The van der Waals surface area contributed by atoms with Crippen molar-refractivity contribution in [3.8, 4) is 0 Å². The fourth-order valence-electron chi connectivity index (χ4n) is 3.57. The van der Waals surface area contributed by atoms with Crippen molar-refractivity contribution in [2.24, 2.45) is 5.92 Å². The minimum atomic E-state index is -3.59. The van der Waals surface area contributed by atoms with Gasteiger partial charge in [-0.05, 0) is 37.0 Å². The lowest BCUT2D eigenvalue weighted by atomic mass is 9.87. The van der Waals surface area contributed by atoms with Crippen LogP contribution in [-0.2, 0) is 14.8 Å². The van der Waals surface area contributed by atoms with Crippen molar-refractivity contribution in [2.45, 2.75) is 43.5 Å². The van der Waals surface area contributed by atoms with E-state index in [0.29, 0.717) is 37.8 Å². The van der Waals surface area contributed by atoms with Crippen molar-refractivity contribution in [1.29, 1.82) is 0 Å². The number of rotatable bonds is 4. The molecular formula is C18H26N2O4S. The molecule has 1 heterocycles. The van der Waals surface area contributed by atoms with Gasteiger partial charge < -0.3 is 10.1 Å². The van der Waals surface area contributed by atoms with Crippen molar-refractivity contribution in [1.82, 2.24) is 9.62 Å². The zero-order chi connectivity index (χ0) is 17.9. The molecule has 2 unspecified atom stereocenters. The molecule has 2 atom stereocenters. The molecule has 1 amide bonds. The molecule has 0 spiro atoms. The summed E-state index contributed by atoms with van der Waals surface area (Å²) < 4.78 is 32.1. The Bertz CT molecular complexity index is 714. The molecule has 138 valence electrons. The van der Waals surface area contributed by atoms with Crippen LogP contribution in [-0.4, -0.2) is 51.0 Å². The first-order valence-corrected chi connectivity index (χ1v) is 10.4. The van der Waals surface area contributed by atoms with Crippen molar-refractivity contribution in [3.63, 3.8) is 0 Å². The van der Waals surface area contributed by atoms with E-state index in [0.717, 1.165) is 19.3 Å². The van der Waals surface area contributed by atoms with Gasteiger partial charge in [-0.3, -0.25) is 4.79 Å². The van der Waals surface area contributed by atoms with Crippen LogP contribution in [0.4, 0.5) is 0 Å². The number of carbonyl (C=O) groups is 1. The summed E-state index contributed by atoms with van der Waals surface area (Å²) in [4.78, 5) is 12.7. The fraction of sp³-hybridized carbons (Fsp3) is 0.611. The molecule has 1 N–H and O–H groups in total. The Morgan fingerprint density at radius 2 is 2.00 bits per heavy atom. The first kappa shape index (κ1) is 18.4. The van der Waals surface area contributed by atoms with Crippen LogP contribution in [0.1, 0.15) is 43.0 Å². The van der Waals surface area contributed by atoms with Crippen LogP contribution in [0.15, 0.2) is 29.2 Å². The first-order chi connectivity index (χ1) is 12.0. The number of carbonyl (C=O) groups excluding carboxylic acids is 1. The summed E-state index contributed by atoms with van der Waals surface area (Å²) in [5, 5.41) is 3.06. The van der Waals surface area contributed by atoms with Gasteiger partial charge in [0, 0.05) is 24.7 Å². The van der Waals surface area contributed by atoms with Gasteiger partial charge in [0.05, 0.1) is 18.1 Å². The Hall–Kier alpha value is -1.44. The summed E-state index contributed by atoms with van der Waals surface area (Å²) >= 11 is 0. The zero-order valence-corrected chi connectivity index (χ0v) is 15.4. The molecule has 0 aromatic heterocycles. The largest absolute Gasteiger partial charge is 0.379 e. The molecule has 3 rings (SSSR count). The molecule has 1 aromatic rings. The van der Waals surface area contributed by atoms with E-state index in [-0.39, 0.29) is 16.8 Å². The van der Waals surface area contributed by atoms with E-state index in [1.165, 1.54) is 16.8 Å². The van der Waals surface area contributed by atoms with E-state index in [2.05, 4.69) is 12.2 Å². The Kier molecular flexibility index (Phi) is 5.76. The lowest BCUT2D eigenvalue weighted by molar-refractivity contribution is 0.0730. The summed E-state index contributed by atoms with van der Waals surface area (Å²) in [6.45, 7) is 3.70. The third kappa shape index (κ3) is 4.40. The SMILES string of the molecule is CC1CCCC(NC(=O)c2cccc(S(=O)(=O)N3CCOCC3)c2)C1. The predicted octanol–water partition coefficient (Wildman–Crippen LogP) is 2.02. The Morgan fingerprint density at radius 3 is 2.72 bits per heavy atom. The molecule has 2 aliphatic rings. The number of hydrogen-bond donors (Lipinski definition) is 1. The highest BCUT2D eigenvalue weighted by Crippen LogP contribution is 2.24. The fourth-order valence-corrected chi connectivity index (χ4v) is 5.02. The molecule has 1 aromatic carbocycles. The lowest BCUT2D eigenvalue weighted by Gasteiger charge is -2.28. The van der Waals surface area contributed by atoms with Crippen LogP contribution in [0.5, 0.6) is 0 Å². The molecular weight excluding hydrogens is 340 g/mol. The van der Waals surface area contributed by atoms with Crippen molar-refractivity contribution < 1.29 is 17.9 Å². The predicted molar refractivity (Wildman–Crippen MR) is 94.9 cm³/mol. The van der Waals surface area contributed by atoms with Gasteiger partial charge in [0.1, 0.15) is 0 Å². The summed E-state index contributed by atoms with van der Waals surface area (Å²) in [7, 11) is -3.59. The zero-order valence-electron chi connectivity index (χ0n) is 14.6. The molecule has 1 saturated carbocycles. The van der Waals surface area contributed by atoms with Gasteiger partial charge >= 0.3 is 0 Å². The normalized spacial score (nSPS) is 25.5. The number of benzene rings is 1. The lowest BCUT2D eigenvalue weighted by Crippen LogP contribution is -2.41. The maximum absolute atomic E-state index is 12.7. The highest BCUT2D eigenvalue weighted by atomic mass is 32.2. The highest BCUT2D eigenvalue weighted by Gasteiger charge is 2.27. The highest BCUT2D eigenvalue weighted by molar-refractivity contribution is 7.89. The van der Waals surface area contributed by atoms with Gasteiger partial charge in [-0.1, -0.05) is 25.8 Å². The van der Waals surface area contributed by atoms with Gasteiger partial charge in [-0.25, -0.2) is 8.42 Å². The minimum absolute atomic E-state index is 0.166. The van der Waals surface area contributed by atoms with Crippen LogP contribution in [0.3, 0.4) is 0 Å². The van der Waals surface area contributed by atoms with Crippen molar-refractivity contribution in [2.75, 3.05) is 26.3 Å². The van der Waals surface area contributed by atoms with E-state index < -0.39 is 10.0 Å². The molecule has 2 fully saturated rings. The van der Waals surface area contributed by atoms with Gasteiger partial charge in [0.25, 0.3) is 5.91 Å². The molecule has 1 aliphatic carbocycles. The molecule has 25 heavy (non-hydrogen) atoms. The second-order valence-electron chi connectivity index (χ2n) is 6.99. The Morgan fingerprint density at radius 1 is 1.24 bits per heavy atom. The molecule has 1 aliphatic heterocycles. The Balaban J connectivity index is 1.73. The molecule has 0 radical (unpaired) electrons. The average molecular weight is 366 g/mol. The number of hydrogen-bond acceptors (Lipinski definition) is 4. The smallest absolute Gasteiger partial charge is 0.251 e. The van der Waals surface area contributed by atoms with Crippen LogP contribution in [0.2, 0.25) is 0 Å². The van der Waals surface area contributed by atoms with Crippen LogP contribution >= 0.6 is 0 Å². The monoisotopic (exact) mass is 366 g/mol. The minimum Gasteiger partial charge on any atom is -0.379 e. The van der Waals surface area contributed by atoms with Crippen molar-refractivity contribution >= 4 is 15.9 Å². The molecule has 7 heteroatoms. The van der Waals surface area contributed by atoms with Crippen molar-refractivity contribution in [3.05, 3.63) is 29.8 Å². The van der Waals surface area contributed by atoms with E-state index in [9.17, 15) is 13.2 Å². The van der Waals surface area contributed by atoms with E-state index in [4.69, 9.17) is 4.74 Å². The van der Waals surface area contributed by atoms with Gasteiger partial charge in [-0.2, -0.15) is 4.31 Å². The van der Waals surface area contributed by atoms with Gasteiger partial charge in [0.2, 0.25) is 10.0 Å². The standard InChI is InChI=1S/C18H26N2O4S/c1-14-4-2-6-16(12-14)19-18(21)15-5-3-7-17(13-15)25(22,23)20-8-10-24-11-9-20/h3,5,7,13-14,16H,2,4,6,8-12H2,1H3,(H,19,21). The van der Waals surface area contributed by atoms with Crippen LogP contribution in [0.25, 0.3) is 0 Å². The van der Waals surface area contributed by atoms with Gasteiger partial charge in [-0.15, -0.1) is 0 Å². The Labute approximate surface area is 149 Å². The second-order valence-corrected chi connectivity index (χ2v) is 8.92. The summed E-state index contributed by atoms with van der Waals surface area (Å²) in [5.41, 5.74) is 0.396. The third-order valence-corrected chi connectivity index (χ3v) is 6.87. The van der Waals surface area contributed by atoms with E-state index in [1.807, 2.05) is 0 Å². The molecule has 0 bridgehead atoms. The topological polar surface area (TPSA) is 75.7 Å². The summed E-state index contributed by atoms with van der Waals surface area (Å²) in [6.07, 6.45) is 4.30. The maximum Gasteiger partial charge on any atom is 0.251 e. The van der Waals surface area contributed by atoms with E-state index in [1.54, 1.807) is 18.2 Å². The number of morpholine rings is 1. The average Bonchev–Trinajstić information content (AvgIpc) is 2.62. The number of nitrogens with zero attached hydrogens (tertiary/aromatic N) is 1. The summed E-state index contributed by atoms with van der Waals surface area (Å²) in [5.74, 6) is 0.421. The maximum atomic E-state index is 12.7. The quantitative estimate of drug-likeness (QED) is 0.884. The first-order valence-electron chi connectivity index (χ1n) is 8.95. The number of nitrogens with one attached hydrogen (secondary N) is 1.